The third-order valence-electron chi connectivity index (χ3n) is 2.99. The Labute approximate surface area is 135 Å². The maximum absolute atomic E-state index is 12.1. The molecule has 7 heteroatoms. The van der Waals surface area contributed by atoms with Gasteiger partial charge in [0.2, 0.25) is 0 Å². The van der Waals surface area contributed by atoms with Gasteiger partial charge in [-0.15, -0.1) is 0 Å². The van der Waals surface area contributed by atoms with Crippen LogP contribution in [0.5, 0.6) is 0 Å². The zero-order valence-corrected chi connectivity index (χ0v) is 13.3. The Morgan fingerprint density at radius 3 is 2.86 bits per heavy atom. The number of hydrogen-bond donors (Lipinski definition) is 0. The van der Waals surface area contributed by atoms with Crippen molar-refractivity contribution in [1.29, 1.82) is 5.26 Å². The van der Waals surface area contributed by atoms with Gasteiger partial charge in [0.15, 0.2) is 16.7 Å². The molecule has 0 radical (unpaired) electrons. The SMILES string of the molecule is CCOC(=O)c1c(C=O)nc(Br)n1Cc1ccccc1C#N. The number of imidazole rings is 1. The number of carbonyl (C=O) groups excluding carboxylic acids is 2. The predicted octanol–water partition coefficient (Wildman–Crippen LogP) is 2.55. The monoisotopic (exact) mass is 361 g/mol. The lowest BCUT2D eigenvalue weighted by Gasteiger charge is -2.10. The molecule has 6 nitrogen and oxygen atoms in total. The Morgan fingerprint density at radius 1 is 1.50 bits per heavy atom. The first-order valence-corrected chi connectivity index (χ1v) is 7.28. The molecular weight excluding hydrogens is 350 g/mol. The Hall–Kier alpha value is -2.46. The summed E-state index contributed by atoms with van der Waals surface area (Å²) in [5, 5.41) is 9.15. The smallest absolute Gasteiger partial charge is 0.357 e. The number of benzene rings is 1. The van der Waals surface area contributed by atoms with Crippen LogP contribution in [-0.2, 0) is 11.3 Å². The second-order valence-electron chi connectivity index (χ2n) is 4.31. The van der Waals surface area contributed by atoms with Gasteiger partial charge in [-0.2, -0.15) is 5.26 Å². The Kier molecular flexibility index (Phi) is 5.07. The average molecular weight is 362 g/mol. The van der Waals surface area contributed by atoms with Crippen LogP contribution in [0.25, 0.3) is 0 Å². The molecule has 1 aromatic carbocycles. The number of hydrogen-bond acceptors (Lipinski definition) is 5. The van der Waals surface area contributed by atoms with Crippen LogP contribution in [-0.4, -0.2) is 28.4 Å². The van der Waals surface area contributed by atoms with E-state index in [4.69, 9.17) is 10.00 Å². The quantitative estimate of drug-likeness (QED) is 0.603. The van der Waals surface area contributed by atoms with Crippen LogP contribution in [0.2, 0.25) is 0 Å². The van der Waals surface area contributed by atoms with Crippen molar-refractivity contribution in [1.82, 2.24) is 9.55 Å². The molecule has 0 saturated heterocycles. The molecule has 0 bridgehead atoms. The number of ether oxygens (including phenoxy) is 1. The fourth-order valence-electron chi connectivity index (χ4n) is 2.02. The lowest BCUT2D eigenvalue weighted by Crippen LogP contribution is -2.15. The van der Waals surface area contributed by atoms with E-state index >= 15 is 0 Å². The Bertz CT molecular complexity index is 762. The molecule has 0 aliphatic heterocycles. The predicted molar refractivity (Wildman–Crippen MR) is 81.5 cm³/mol. The number of rotatable bonds is 5. The molecule has 0 N–H and O–H groups in total. The van der Waals surface area contributed by atoms with Crippen LogP contribution in [0, 0.1) is 11.3 Å². The van der Waals surface area contributed by atoms with E-state index in [2.05, 4.69) is 27.0 Å². The third-order valence-corrected chi connectivity index (χ3v) is 3.60. The third kappa shape index (κ3) is 3.07. The van der Waals surface area contributed by atoms with Crippen molar-refractivity contribution >= 4 is 28.2 Å². The van der Waals surface area contributed by atoms with Gasteiger partial charge in [-0.25, -0.2) is 9.78 Å². The fourth-order valence-corrected chi connectivity index (χ4v) is 2.52. The van der Waals surface area contributed by atoms with Gasteiger partial charge in [0, 0.05) is 0 Å². The standard InChI is InChI=1S/C15H12BrN3O3/c1-2-22-14(21)13-12(9-20)18-15(16)19(13)8-11-6-4-3-5-10(11)7-17/h3-6,9H,2,8H2,1H3. The van der Waals surface area contributed by atoms with Gasteiger partial charge in [0.05, 0.1) is 24.8 Å². The van der Waals surface area contributed by atoms with Crippen molar-refractivity contribution in [3.05, 3.63) is 51.5 Å². The Morgan fingerprint density at radius 2 is 2.23 bits per heavy atom. The van der Waals surface area contributed by atoms with Crippen molar-refractivity contribution in [3.8, 4) is 6.07 Å². The van der Waals surface area contributed by atoms with E-state index in [1.807, 2.05) is 0 Å². The second-order valence-corrected chi connectivity index (χ2v) is 5.02. The van der Waals surface area contributed by atoms with E-state index in [-0.39, 0.29) is 24.5 Å². The molecule has 0 unspecified atom stereocenters. The summed E-state index contributed by atoms with van der Waals surface area (Å²) in [6.07, 6.45) is 0.504. The molecule has 0 atom stereocenters. The van der Waals surface area contributed by atoms with Crippen LogP contribution in [0.4, 0.5) is 0 Å². The van der Waals surface area contributed by atoms with Crippen LogP contribution in [0.1, 0.15) is 39.0 Å². The molecule has 0 spiro atoms. The molecule has 0 amide bonds. The number of halogens is 1. The first-order valence-electron chi connectivity index (χ1n) is 6.48. The number of aldehydes is 1. The minimum absolute atomic E-state index is 0.000219. The molecule has 2 aromatic rings. The summed E-state index contributed by atoms with van der Waals surface area (Å²) in [4.78, 5) is 27.2. The van der Waals surface area contributed by atoms with Crippen LogP contribution in [0.3, 0.4) is 0 Å². The highest BCUT2D eigenvalue weighted by Gasteiger charge is 2.23. The van der Waals surface area contributed by atoms with E-state index in [0.717, 1.165) is 0 Å². The molecule has 1 aromatic heterocycles. The summed E-state index contributed by atoms with van der Waals surface area (Å²) in [7, 11) is 0. The van der Waals surface area contributed by atoms with Crippen LogP contribution in [0.15, 0.2) is 29.0 Å². The van der Waals surface area contributed by atoms with Crippen molar-refractivity contribution in [2.24, 2.45) is 0 Å². The van der Waals surface area contributed by atoms with Gasteiger partial charge >= 0.3 is 5.97 Å². The van der Waals surface area contributed by atoms with Gasteiger partial charge < -0.3 is 9.30 Å². The van der Waals surface area contributed by atoms with E-state index in [9.17, 15) is 9.59 Å². The molecule has 2 rings (SSSR count). The van der Waals surface area contributed by atoms with E-state index in [0.29, 0.717) is 22.1 Å². The second kappa shape index (κ2) is 7.00. The molecular formula is C15H12BrN3O3. The maximum Gasteiger partial charge on any atom is 0.357 e. The van der Waals surface area contributed by atoms with Gasteiger partial charge in [0.1, 0.15) is 5.69 Å². The van der Waals surface area contributed by atoms with Crippen molar-refractivity contribution < 1.29 is 14.3 Å². The maximum atomic E-state index is 12.1. The first kappa shape index (κ1) is 15.9. The normalized spacial score (nSPS) is 10.0. The van der Waals surface area contributed by atoms with Crippen LogP contribution < -0.4 is 0 Å². The number of aromatic nitrogens is 2. The van der Waals surface area contributed by atoms with Crippen molar-refractivity contribution in [2.45, 2.75) is 13.5 Å². The fraction of sp³-hybridized carbons (Fsp3) is 0.200. The van der Waals surface area contributed by atoms with E-state index in [1.54, 1.807) is 31.2 Å². The van der Waals surface area contributed by atoms with Gasteiger partial charge in [-0.3, -0.25) is 4.79 Å². The summed E-state index contributed by atoms with van der Waals surface area (Å²) >= 11 is 3.23. The molecule has 0 saturated carbocycles. The minimum atomic E-state index is -0.628. The minimum Gasteiger partial charge on any atom is -0.461 e. The van der Waals surface area contributed by atoms with Gasteiger partial charge in [-0.05, 0) is 34.5 Å². The van der Waals surface area contributed by atoms with Gasteiger partial charge in [-0.1, -0.05) is 18.2 Å². The molecule has 112 valence electrons. The van der Waals surface area contributed by atoms with Crippen LogP contribution >= 0.6 is 15.9 Å². The lowest BCUT2D eigenvalue weighted by atomic mass is 10.1. The Balaban J connectivity index is 2.51. The zero-order chi connectivity index (χ0) is 16.1. The lowest BCUT2D eigenvalue weighted by molar-refractivity contribution is 0.0511. The molecule has 22 heavy (non-hydrogen) atoms. The molecule has 1 heterocycles. The van der Waals surface area contributed by atoms with Gasteiger partial charge in [0.25, 0.3) is 0 Å². The van der Waals surface area contributed by atoms with Crippen molar-refractivity contribution in [3.63, 3.8) is 0 Å². The van der Waals surface area contributed by atoms with E-state index in [1.165, 1.54) is 4.57 Å². The largest absolute Gasteiger partial charge is 0.461 e. The number of carbonyl (C=O) groups is 2. The molecule has 0 aliphatic rings. The highest BCUT2D eigenvalue weighted by Crippen LogP contribution is 2.20. The topological polar surface area (TPSA) is 85.0 Å². The number of nitriles is 1. The summed E-state index contributed by atoms with van der Waals surface area (Å²) in [6.45, 7) is 2.09. The highest BCUT2D eigenvalue weighted by molar-refractivity contribution is 9.10. The average Bonchev–Trinajstić information content (AvgIpc) is 2.84. The summed E-state index contributed by atoms with van der Waals surface area (Å²) in [6, 6.07) is 9.11. The highest BCUT2D eigenvalue weighted by atomic mass is 79.9. The van der Waals surface area contributed by atoms with E-state index < -0.39 is 5.97 Å². The summed E-state index contributed by atoms with van der Waals surface area (Å²) < 4.78 is 6.81. The zero-order valence-electron chi connectivity index (χ0n) is 11.7. The summed E-state index contributed by atoms with van der Waals surface area (Å²) in [5.41, 5.74) is 1.27. The van der Waals surface area contributed by atoms with Crippen molar-refractivity contribution in [2.75, 3.05) is 6.61 Å². The number of esters is 1. The first-order chi connectivity index (χ1) is 10.6. The molecule has 0 aliphatic carbocycles. The number of nitrogens with zero attached hydrogens (tertiary/aromatic N) is 3. The molecule has 0 fully saturated rings. The summed E-state index contributed by atoms with van der Waals surface area (Å²) in [5.74, 6) is -0.628.